The van der Waals surface area contributed by atoms with Gasteiger partial charge in [-0.2, -0.15) is 0 Å². The smallest absolute Gasteiger partial charge is 0.322 e. The Labute approximate surface area is 124 Å². The molecule has 0 saturated carbocycles. The van der Waals surface area contributed by atoms with Crippen molar-refractivity contribution in [2.24, 2.45) is 0 Å². The number of carboxylic acids is 1. The molecule has 1 aromatic rings. The summed E-state index contributed by atoms with van der Waals surface area (Å²) in [7, 11) is 3.20. The molecule has 0 amide bonds. The third-order valence-electron chi connectivity index (χ3n) is 3.72. The van der Waals surface area contributed by atoms with Crippen LogP contribution in [0.1, 0.15) is 24.8 Å². The molecule has 0 radical (unpaired) electrons. The Bertz CT molecular complexity index is 493. The van der Waals surface area contributed by atoms with E-state index in [-0.39, 0.29) is 0 Å². The lowest BCUT2D eigenvalue weighted by Gasteiger charge is -2.33. The third kappa shape index (κ3) is 3.86. The molecule has 116 valence electrons. The van der Waals surface area contributed by atoms with Crippen LogP contribution in [0.2, 0.25) is 0 Å². The minimum Gasteiger partial charge on any atom is -0.493 e. The number of piperidine rings is 1. The van der Waals surface area contributed by atoms with E-state index in [1.54, 1.807) is 14.2 Å². The van der Waals surface area contributed by atoms with Gasteiger partial charge in [-0.15, -0.1) is 0 Å². The Kier molecular flexibility index (Phi) is 5.41. The van der Waals surface area contributed by atoms with E-state index in [9.17, 15) is 9.90 Å². The Balaban J connectivity index is 2.00. The lowest BCUT2D eigenvalue weighted by atomic mass is 10.0. The van der Waals surface area contributed by atoms with Crippen LogP contribution in [0.5, 0.6) is 11.5 Å². The summed E-state index contributed by atoms with van der Waals surface area (Å²) >= 11 is 0. The summed E-state index contributed by atoms with van der Waals surface area (Å²) < 4.78 is 10.5. The molecule has 6 heteroatoms. The molecule has 1 atom stereocenters. The van der Waals surface area contributed by atoms with Crippen molar-refractivity contribution in [3.8, 4) is 11.5 Å². The molecule has 21 heavy (non-hydrogen) atoms. The number of hydrogen-bond acceptors (Lipinski definition) is 5. The third-order valence-corrected chi connectivity index (χ3v) is 3.72. The predicted octanol–water partition coefficient (Wildman–Crippen LogP) is 1.65. The zero-order chi connectivity index (χ0) is 15.2. The van der Waals surface area contributed by atoms with E-state index in [0.29, 0.717) is 24.5 Å². The molecule has 1 heterocycles. The number of nitrogens with one attached hydrogen (secondary N) is 1. The van der Waals surface area contributed by atoms with Crippen LogP contribution in [0.3, 0.4) is 0 Å². The lowest BCUT2D eigenvalue weighted by Crippen LogP contribution is -2.51. The van der Waals surface area contributed by atoms with E-state index in [1.807, 2.05) is 23.2 Å². The Hall–Kier alpha value is -1.79. The molecule has 1 aromatic carbocycles. The zero-order valence-corrected chi connectivity index (χ0v) is 12.5. The number of hydrogen-bond donors (Lipinski definition) is 2. The molecular formula is C15H22N2O4. The maximum Gasteiger partial charge on any atom is 0.322 e. The van der Waals surface area contributed by atoms with Gasteiger partial charge < -0.3 is 14.6 Å². The molecule has 0 aliphatic carbocycles. The highest BCUT2D eigenvalue weighted by Crippen LogP contribution is 2.27. The van der Waals surface area contributed by atoms with E-state index in [0.717, 1.165) is 24.9 Å². The number of carbonyl (C=O) groups is 1. The second-order valence-corrected chi connectivity index (χ2v) is 5.07. The molecule has 0 spiro atoms. The van der Waals surface area contributed by atoms with Gasteiger partial charge in [0.05, 0.1) is 14.2 Å². The highest BCUT2D eigenvalue weighted by atomic mass is 16.5. The quantitative estimate of drug-likeness (QED) is 0.831. The standard InChI is InChI=1S/C15H22N2O4/c1-20-13-7-6-11(9-14(13)21-2)10-16-17-8-4-3-5-12(17)15(18)19/h6-7,9,12,16H,3-5,8,10H2,1-2H3,(H,18,19). The van der Waals surface area contributed by atoms with Crippen molar-refractivity contribution in [1.29, 1.82) is 0 Å². The number of nitrogens with zero attached hydrogens (tertiary/aromatic N) is 1. The lowest BCUT2D eigenvalue weighted by molar-refractivity contribution is -0.146. The second kappa shape index (κ2) is 7.28. The van der Waals surface area contributed by atoms with Crippen LogP contribution in [0.15, 0.2) is 18.2 Å². The molecule has 1 unspecified atom stereocenters. The fraction of sp³-hybridized carbons (Fsp3) is 0.533. The molecule has 1 aliphatic rings. The van der Waals surface area contributed by atoms with Crippen molar-refractivity contribution < 1.29 is 19.4 Å². The predicted molar refractivity (Wildman–Crippen MR) is 78.4 cm³/mol. The van der Waals surface area contributed by atoms with Gasteiger partial charge in [-0.3, -0.25) is 4.79 Å². The van der Waals surface area contributed by atoms with Crippen LogP contribution in [-0.2, 0) is 11.3 Å². The molecule has 0 aromatic heterocycles. The summed E-state index contributed by atoms with van der Waals surface area (Å²) in [5.74, 6) is 0.586. The van der Waals surface area contributed by atoms with Crippen LogP contribution in [0.4, 0.5) is 0 Å². The second-order valence-electron chi connectivity index (χ2n) is 5.07. The van der Waals surface area contributed by atoms with E-state index in [2.05, 4.69) is 5.43 Å². The summed E-state index contributed by atoms with van der Waals surface area (Å²) in [6.07, 6.45) is 2.67. The minimum atomic E-state index is -0.769. The van der Waals surface area contributed by atoms with Crippen LogP contribution in [0, 0.1) is 0 Å². The van der Waals surface area contributed by atoms with Gasteiger partial charge in [0.2, 0.25) is 0 Å². The van der Waals surface area contributed by atoms with E-state index < -0.39 is 12.0 Å². The fourth-order valence-electron chi connectivity index (χ4n) is 2.56. The summed E-state index contributed by atoms with van der Waals surface area (Å²) in [5.41, 5.74) is 4.23. The van der Waals surface area contributed by atoms with Gasteiger partial charge in [-0.25, -0.2) is 10.4 Å². The Morgan fingerprint density at radius 1 is 1.33 bits per heavy atom. The van der Waals surface area contributed by atoms with Crippen molar-refractivity contribution in [2.75, 3.05) is 20.8 Å². The molecule has 1 fully saturated rings. The number of ether oxygens (including phenoxy) is 2. The van der Waals surface area contributed by atoms with Crippen LogP contribution >= 0.6 is 0 Å². The van der Waals surface area contributed by atoms with Crippen LogP contribution in [0.25, 0.3) is 0 Å². The van der Waals surface area contributed by atoms with Crippen molar-refractivity contribution in [2.45, 2.75) is 31.8 Å². The number of rotatable bonds is 6. The van der Waals surface area contributed by atoms with Crippen molar-refractivity contribution >= 4 is 5.97 Å². The van der Waals surface area contributed by atoms with Gasteiger partial charge in [0, 0.05) is 13.1 Å². The number of carboxylic acid groups (broad SMARTS) is 1. The van der Waals surface area contributed by atoms with Gasteiger partial charge in [-0.05, 0) is 37.0 Å². The highest BCUT2D eigenvalue weighted by molar-refractivity contribution is 5.73. The van der Waals surface area contributed by atoms with Gasteiger partial charge in [0.15, 0.2) is 11.5 Å². The molecular weight excluding hydrogens is 272 g/mol. The maximum absolute atomic E-state index is 11.2. The topological polar surface area (TPSA) is 71.0 Å². The SMILES string of the molecule is COc1ccc(CNN2CCCCC2C(=O)O)cc1OC. The largest absolute Gasteiger partial charge is 0.493 e. The average Bonchev–Trinajstić information content (AvgIpc) is 2.52. The molecule has 1 aliphatic heterocycles. The Morgan fingerprint density at radius 2 is 2.10 bits per heavy atom. The van der Waals surface area contributed by atoms with Crippen molar-refractivity contribution in [1.82, 2.24) is 10.4 Å². The van der Waals surface area contributed by atoms with Gasteiger partial charge >= 0.3 is 5.97 Å². The van der Waals surface area contributed by atoms with Gasteiger partial charge in [-0.1, -0.05) is 6.07 Å². The summed E-state index contributed by atoms with van der Waals surface area (Å²) in [6.45, 7) is 1.31. The molecule has 6 nitrogen and oxygen atoms in total. The molecule has 2 rings (SSSR count). The van der Waals surface area contributed by atoms with Crippen LogP contribution < -0.4 is 14.9 Å². The monoisotopic (exact) mass is 294 g/mol. The van der Waals surface area contributed by atoms with Gasteiger partial charge in [0.25, 0.3) is 0 Å². The summed E-state index contributed by atoms with van der Waals surface area (Å²) in [4.78, 5) is 11.2. The van der Waals surface area contributed by atoms with Crippen molar-refractivity contribution in [3.63, 3.8) is 0 Å². The number of benzene rings is 1. The first-order chi connectivity index (χ1) is 10.2. The molecule has 0 bridgehead atoms. The zero-order valence-electron chi connectivity index (χ0n) is 12.5. The van der Waals surface area contributed by atoms with Gasteiger partial charge in [0.1, 0.15) is 6.04 Å². The normalized spacial score (nSPS) is 19.2. The summed E-state index contributed by atoms with van der Waals surface area (Å²) in [6, 6.07) is 5.24. The first-order valence-electron chi connectivity index (χ1n) is 7.09. The molecule has 1 saturated heterocycles. The number of aliphatic carboxylic acids is 1. The highest BCUT2D eigenvalue weighted by Gasteiger charge is 2.28. The van der Waals surface area contributed by atoms with Crippen molar-refractivity contribution in [3.05, 3.63) is 23.8 Å². The number of methoxy groups -OCH3 is 2. The maximum atomic E-state index is 11.2. The van der Waals surface area contributed by atoms with E-state index >= 15 is 0 Å². The number of hydrazine groups is 1. The fourth-order valence-corrected chi connectivity index (χ4v) is 2.56. The summed E-state index contributed by atoms with van der Waals surface area (Å²) in [5, 5.41) is 11.1. The molecule has 2 N–H and O–H groups in total. The minimum absolute atomic E-state index is 0.445. The first-order valence-corrected chi connectivity index (χ1v) is 7.09. The van der Waals surface area contributed by atoms with Crippen LogP contribution in [-0.4, -0.2) is 42.9 Å². The van der Waals surface area contributed by atoms with E-state index in [1.165, 1.54) is 0 Å². The van der Waals surface area contributed by atoms with E-state index in [4.69, 9.17) is 9.47 Å². The Morgan fingerprint density at radius 3 is 2.76 bits per heavy atom. The first kappa shape index (κ1) is 15.6. The average molecular weight is 294 g/mol.